The van der Waals surface area contributed by atoms with Gasteiger partial charge in [-0.3, -0.25) is 4.79 Å². The number of hydrogen-bond acceptors (Lipinski definition) is 2. The Balaban J connectivity index is 2.45. The molecule has 1 heterocycles. The Morgan fingerprint density at radius 1 is 1.44 bits per heavy atom. The van der Waals surface area contributed by atoms with Gasteiger partial charge in [0.15, 0.2) is 0 Å². The third-order valence-electron chi connectivity index (χ3n) is 2.16. The highest BCUT2D eigenvalue weighted by atomic mass is 79.9. The van der Waals surface area contributed by atoms with Crippen LogP contribution in [0.5, 0.6) is 0 Å². The lowest BCUT2D eigenvalue weighted by atomic mass is 10.2. The van der Waals surface area contributed by atoms with Crippen molar-refractivity contribution < 1.29 is 4.79 Å². The van der Waals surface area contributed by atoms with E-state index in [1.807, 2.05) is 24.3 Å². The number of benzene rings is 1. The molecule has 0 saturated heterocycles. The van der Waals surface area contributed by atoms with E-state index in [0.717, 1.165) is 15.9 Å². The lowest BCUT2D eigenvalue weighted by molar-refractivity contribution is -0.118. The fourth-order valence-corrected chi connectivity index (χ4v) is 1.95. The van der Waals surface area contributed by atoms with Crippen molar-refractivity contribution in [1.82, 2.24) is 9.55 Å². The summed E-state index contributed by atoms with van der Waals surface area (Å²) in [6.45, 7) is 0.136. The molecule has 0 bridgehead atoms. The van der Waals surface area contributed by atoms with Crippen LogP contribution in [0.1, 0.15) is 0 Å². The summed E-state index contributed by atoms with van der Waals surface area (Å²) in [5.41, 5.74) is 6.11. The molecule has 0 spiro atoms. The van der Waals surface area contributed by atoms with E-state index in [1.54, 1.807) is 17.0 Å². The number of aromatic nitrogens is 2. The molecule has 5 heteroatoms. The van der Waals surface area contributed by atoms with Crippen molar-refractivity contribution >= 4 is 21.8 Å². The number of nitrogens with zero attached hydrogens (tertiary/aromatic N) is 2. The first-order valence-electron chi connectivity index (χ1n) is 4.73. The van der Waals surface area contributed by atoms with Gasteiger partial charge in [0.25, 0.3) is 0 Å². The van der Waals surface area contributed by atoms with Crippen LogP contribution in [0.4, 0.5) is 0 Å². The average molecular weight is 280 g/mol. The van der Waals surface area contributed by atoms with Crippen molar-refractivity contribution in [2.45, 2.75) is 6.54 Å². The summed E-state index contributed by atoms with van der Waals surface area (Å²) < 4.78 is 2.66. The molecule has 0 aliphatic heterocycles. The zero-order chi connectivity index (χ0) is 11.5. The molecule has 2 aromatic rings. The molecule has 1 aromatic carbocycles. The summed E-state index contributed by atoms with van der Waals surface area (Å²) in [6.07, 6.45) is 3.39. The number of carbonyl (C=O) groups excluding carboxylic acids is 1. The van der Waals surface area contributed by atoms with Gasteiger partial charge < -0.3 is 10.3 Å². The molecule has 2 rings (SSSR count). The first-order valence-corrected chi connectivity index (χ1v) is 5.52. The number of amides is 1. The second kappa shape index (κ2) is 4.49. The quantitative estimate of drug-likeness (QED) is 0.931. The summed E-state index contributed by atoms with van der Waals surface area (Å²) in [6, 6.07) is 7.71. The van der Waals surface area contributed by atoms with Crippen molar-refractivity contribution in [2.75, 3.05) is 0 Å². The molecular formula is C11H10BrN3O. The minimum Gasteiger partial charge on any atom is -0.368 e. The van der Waals surface area contributed by atoms with E-state index >= 15 is 0 Å². The Labute approximate surface area is 101 Å². The van der Waals surface area contributed by atoms with E-state index in [2.05, 4.69) is 20.9 Å². The molecule has 0 atom stereocenters. The third-order valence-corrected chi connectivity index (χ3v) is 2.85. The Bertz CT molecular complexity index is 521. The second-order valence-corrected chi connectivity index (χ2v) is 4.18. The number of carbonyl (C=O) groups is 1. The van der Waals surface area contributed by atoms with Crippen molar-refractivity contribution in [3.8, 4) is 11.4 Å². The van der Waals surface area contributed by atoms with Gasteiger partial charge in [0, 0.05) is 22.4 Å². The molecule has 1 amide bonds. The van der Waals surface area contributed by atoms with E-state index in [9.17, 15) is 4.79 Å². The van der Waals surface area contributed by atoms with Gasteiger partial charge >= 0.3 is 0 Å². The highest BCUT2D eigenvalue weighted by Crippen LogP contribution is 2.26. The van der Waals surface area contributed by atoms with Crippen molar-refractivity contribution in [2.24, 2.45) is 5.73 Å². The standard InChI is InChI=1S/C11H10BrN3O/c12-9-4-2-1-3-8(9)11-14-5-6-15(11)7-10(13)16/h1-6H,7H2,(H2,13,16). The Kier molecular flexibility index (Phi) is 3.05. The van der Waals surface area contributed by atoms with Gasteiger partial charge in [-0.05, 0) is 6.07 Å². The van der Waals surface area contributed by atoms with Gasteiger partial charge in [-0.25, -0.2) is 4.98 Å². The highest BCUT2D eigenvalue weighted by Gasteiger charge is 2.09. The fraction of sp³-hybridized carbons (Fsp3) is 0.0909. The number of halogens is 1. The maximum absolute atomic E-state index is 10.9. The maximum atomic E-state index is 10.9. The van der Waals surface area contributed by atoms with Crippen LogP contribution in [-0.2, 0) is 11.3 Å². The first kappa shape index (κ1) is 10.9. The first-order chi connectivity index (χ1) is 7.68. The summed E-state index contributed by atoms with van der Waals surface area (Å²) in [5, 5.41) is 0. The molecule has 2 N–H and O–H groups in total. The summed E-state index contributed by atoms with van der Waals surface area (Å²) >= 11 is 3.45. The second-order valence-electron chi connectivity index (χ2n) is 3.32. The SMILES string of the molecule is NC(=O)Cn1ccnc1-c1ccccc1Br. The molecule has 0 unspecified atom stereocenters. The van der Waals surface area contributed by atoms with Gasteiger partial charge in [-0.15, -0.1) is 0 Å². The number of primary amides is 1. The Hall–Kier alpha value is -1.62. The molecule has 1 aromatic heterocycles. The fourth-order valence-electron chi connectivity index (χ4n) is 1.49. The molecule has 0 saturated carbocycles. The zero-order valence-corrected chi connectivity index (χ0v) is 10.0. The molecular weight excluding hydrogens is 270 g/mol. The number of rotatable bonds is 3. The lowest BCUT2D eigenvalue weighted by Gasteiger charge is -2.06. The van der Waals surface area contributed by atoms with Gasteiger partial charge in [0.05, 0.1) is 0 Å². The predicted molar refractivity (Wildman–Crippen MR) is 64.6 cm³/mol. The highest BCUT2D eigenvalue weighted by molar-refractivity contribution is 9.10. The molecule has 4 nitrogen and oxygen atoms in total. The maximum Gasteiger partial charge on any atom is 0.237 e. The zero-order valence-electron chi connectivity index (χ0n) is 8.43. The van der Waals surface area contributed by atoms with E-state index in [0.29, 0.717) is 0 Å². The van der Waals surface area contributed by atoms with Crippen LogP contribution >= 0.6 is 15.9 Å². The van der Waals surface area contributed by atoms with Gasteiger partial charge in [0.2, 0.25) is 5.91 Å². The van der Waals surface area contributed by atoms with Crippen LogP contribution in [0, 0.1) is 0 Å². The average Bonchev–Trinajstić information content (AvgIpc) is 2.66. The monoisotopic (exact) mass is 279 g/mol. The van der Waals surface area contributed by atoms with E-state index in [1.165, 1.54) is 0 Å². The summed E-state index contributed by atoms with van der Waals surface area (Å²) in [4.78, 5) is 15.1. The summed E-state index contributed by atoms with van der Waals surface area (Å²) in [7, 11) is 0. The largest absolute Gasteiger partial charge is 0.368 e. The smallest absolute Gasteiger partial charge is 0.237 e. The van der Waals surface area contributed by atoms with E-state index in [-0.39, 0.29) is 12.5 Å². The van der Waals surface area contributed by atoms with Gasteiger partial charge in [-0.2, -0.15) is 0 Å². The topological polar surface area (TPSA) is 60.9 Å². The predicted octanol–water partition coefficient (Wildman–Crippen LogP) is 1.80. The molecule has 0 aliphatic rings. The minimum absolute atomic E-state index is 0.136. The normalized spacial score (nSPS) is 10.3. The Morgan fingerprint density at radius 3 is 2.88 bits per heavy atom. The van der Waals surface area contributed by atoms with Crippen LogP contribution < -0.4 is 5.73 Å². The molecule has 0 fully saturated rings. The van der Waals surface area contributed by atoms with Crippen LogP contribution in [0.3, 0.4) is 0 Å². The van der Waals surface area contributed by atoms with Crippen molar-refractivity contribution in [1.29, 1.82) is 0 Å². The third kappa shape index (κ3) is 2.14. The van der Waals surface area contributed by atoms with Crippen LogP contribution in [-0.4, -0.2) is 15.5 Å². The van der Waals surface area contributed by atoms with Gasteiger partial charge in [-0.1, -0.05) is 34.1 Å². The minimum atomic E-state index is -0.383. The van der Waals surface area contributed by atoms with E-state index < -0.39 is 0 Å². The summed E-state index contributed by atoms with van der Waals surface area (Å²) in [5.74, 6) is 0.345. The van der Waals surface area contributed by atoms with Crippen LogP contribution in [0.2, 0.25) is 0 Å². The Morgan fingerprint density at radius 2 is 2.19 bits per heavy atom. The molecule has 16 heavy (non-hydrogen) atoms. The van der Waals surface area contributed by atoms with Crippen molar-refractivity contribution in [3.63, 3.8) is 0 Å². The van der Waals surface area contributed by atoms with Crippen LogP contribution in [0.15, 0.2) is 41.1 Å². The molecule has 0 radical (unpaired) electrons. The lowest BCUT2D eigenvalue weighted by Crippen LogP contribution is -2.18. The van der Waals surface area contributed by atoms with E-state index in [4.69, 9.17) is 5.73 Å². The molecule has 82 valence electrons. The molecule has 0 aliphatic carbocycles. The number of hydrogen-bond donors (Lipinski definition) is 1. The number of nitrogens with two attached hydrogens (primary N) is 1. The van der Waals surface area contributed by atoms with Crippen LogP contribution in [0.25, 0.3) is 11.4 Å². The number of imidazole rings is 1. The van der Waals surface area contributed by atoms with Gasteiger partial charge in [0.1, 0.15) is 12.4 Å². The van der Waals surface area contributed by atoms with Crippen molar-refractivity contribution in [3.05, 3.63) is 41.1 Å².